The first-order chi connectivity index (χ1) is 12.7. The van der Waals surface area contributed by atoms with E-state index in [1.54, 1.807) is 30.3 Å². The number of hydrogen-bond acceptors (Lipinski definition) is 7. The number of primary amides is 1. The number of oxime groups is 1. The molecule has 0 aromatic heterocycles. The first kappa shape index (κ1) is 20.6. The van der Waals surface area contributed by atoms with Gasteiger partial charge in [-0.3, -0.25) is 15.4 Å². The second-order valence-corrected chi connectivity index (χ2v) is 6.84. The second kappa shape index (κ2) is 8.82. The number of benzene rings is 1. The van der Waals surface area contributed by atoms with Crippen LogP contribution in [0.25, 0.3) is 0 Å². The number of carbonyl (C=O) groups is 3. The summed E-state index contributed by atoms with van der Waals surface area (Å²) in [7, 11) is 0. The topological polar surface area (TPSA) is 158 Å². The predicted molar refractivity (Wildman–Crippen MR) is 97.6 cm³/mol. The van der Waals surface area contributed by atoms with E-state index in [1.165, 1.54) is 0 Å². The van der Waals surface area contributed by atoms with E-state index in [1.807, 2.05) is 0 Å². The number of carboxylic acid groups (broad SMARTS) is 1. The van der Waals surface area contributed by atoms with Crippen molar-refractivity contribution >= 4 is 38.5 Å². The van der Waals surface area contributed by atoms with Crippen molar-refractivity contribution in [3.63, 3.8) is 0 Å². The minimum absolute atomic E-state index is 0.103. The largest absolute Gasteiger partial charge is 0.478 e. The van der Waals surface area contributed by atoms with Gasteiger partial charge in [0.1, 0.15) is 11.2 Å². The van der Waals surface area contributed by atoms with E-state index in [4.69, 9.17) is 21.0 Å². The summed E-state index contributed by atoms with van der Waals surface area (Å²) in [5, 5.41) is 13.2. The molecule has 0 bridgehead atoms. The van der Waals surface area contributed by atoms with Gasteiger partial charge in [-0.05, 0) is 21.5 Å². The Labute approximate surface area is 163 Å². The van der Waals surface area contributed by atoms with E-state index < -0.39 is 36.2 Å². The molecule has 146 valence electrons. The summed E-state index contributed by atoms with van der Waals surface area (Å²) in [5.74, 6) is -2.58. The maximum absolute atomic E-state index is 12.6. The monoisotopic (exact) mass is 442 g/mol. The SMILES string of the molecule is NC(=O)C[C@@](N)(C(=O)O)N(CC1CC(Br)=NO1)C(=O)OCc1ccccc1. The summed E-state index contributed by atoms with van der Waals surface area (Å²) in [6, 6.07) is 8.80. The molecule has 11 heteroatoms. The molecule has 2 rings (SSSR count). The summed E-state index contributed by atoms with van der Waals surface area (Å²) in [5.41, 5.74) is 9.32. The first-order valence-corrected chi connectivity index (χ1v) is 8.68. The molecule has 2 amide bonds. The molecule has 0 spiro atoms. The molecule has 1 unspecified atom stereocenters. The van der Waals surface area contributed by atoms with Crippen LogP contribution in [-0.4, -0.2) is 50.9 Å². The summed E-state index contributed by atoms with van der Waals surface area (Å²) < 4.78 is 5.69. The number of halogens is 1. The fraction of sp³-hybridized carbons (Fsp3) is 0.375. The van der Waals surface area contributed by atoms with E-state index in [0.29, 0.717) is 16.6 Å². The number of ether oxygens (including phenoxy) is 1. The van der Waals surface area contributed by atoms with Gasteiger partial charge in [-0.15, -0.1) is 0 Å². The highest BCUT2D eigenvalue weighted by atomic mass is 79.9. The zero-order valence-corrected chi connectivity index (χ0v) is 15.8. The van der Waals surface area contributed by atoms with Crippen LogP contribution in [0.1, 0.15) is 18.4 Å². The molecule has 10 nitrogen and oxygen atoms in total. The van der Waals surface area contributed by atoms with Gasteiger partial charge in [-0.2, -0.15) is 0 Å². The van der Waals surface area contributed by atoms with Crippen LogP contribution >= 0.6 is 15.9 Å². The summed E-state index contributed by atoms with van der Waals surface area (Å²) in [4.78, 5) is 41.6. The molecule has 5 N–H and O–H groups in total. The first-order valence-electron chi connectivity index (χ1n) is 7.89. The standard InChI is InChI=1S/C16H19BrN4O6/c17-12-6-11(27-20-12)8-21(16(19,14(23)24)7-13(18)22)15(25)26-9-10-4-2-1-3-5-10/h1-5,11H,6-9,19H2,(H2,18,22)(H,23,24)/t11?,16-/m0/s1. The average molecular weight is 443 g/mol. The van der Waals surface area contributed by atoms with Gasteiger partial charge >= 0.3 is 12.1 Å². The van der Waals surface area contributed by atoms with Crippen LogP contribution in [-0.2, 0) is 25.8 Å². The minimum atomic E-state index is -2.39. The molecular formula is C16H19BrN4O6. The summed E-state index contributed by atoms with van der Waals surface area (Å²) >= 11 is 3.16. The number of carboxylic acids is 1. The van der Waals surface area contributed by atoms with E-state index in [0.717, 1.165) is 4.90 Å². The Bertz CT molecular complexity index is 744. The van der Waals surface area contributed by atoms with Crippen molar-refractivity contribution in [3.05, 3.63) is 35.9 Å². The lowest BCUT2D eigenvalue weighted by Gasteiger charge is -2.36. The van der Waals surface area contributed by atoms with Crippen molar-refractivity contribution < 1.29 is 29.1 Å². The van der Waals surface area contributed by atoms with Crippen molar-refractivity contribution in [2.75, 3.05) is 6.54 Å². The normalized spacial score (nSPS) is 18.0. The Kier molecular flexibility index (Phi) is 6.75. The molecule has 0 saturated heterocycles. The molecule has 0 fully saturated rings. The summed E-state index contributed by atoms with van der Waals surface area (Å²) in [6.45, 7) is -0.365. The highest BCUT2D eigenvalue weighted by molar-refractivity contribution is 9.18. The van der Waals surface area contributed by atoms with Crippen molar-refractivity contribution in [1.82, 2.24) is 4.90 Å². The van der Waals surface area contributed by atoms with Crippen molar-refractivity contribution in [2.24, 2.45) is 16.6 Å². The predicted octanol–water partition coefficient (Wildman–Crippen LogP) is 0.738. The Morgan fingerprint density at radius 1 is 1.37 bits per heavy atom. The van der Waals surface area contributed by atoms with Crippen LogP contribution in [0.5, 0.6) is 0 Å². The molecule has 0 saturated carbocycles. The Morgan fingerprint density at radius 3 is 2.56 bits per heavy atom. The Balaban J connectivity index is 2.20. The molecule has 1 heterocycles. The Hall–Kier alpha value is -2.66. The lowest BCUT2D eigenvalue weighted by molar-refractivity contribution is -0.154. The van der Waals surface area contributed by atoms with Crippen LogP contribution in [0.3, 0.4) is 0 Å². The number of nitrogens with zero attached hydrogens (tertiary/aromatic N) is 2. The van der Waals surface area contributed by atoms with E-state index in [-0.39, 0.29) is 13.2 Å². The molecule has 0 radical (unpaired) electrons. The average Bonchev–Trinajstić information content (AvgIpc) is 3.02. The number of amides is 2. The molecule has 1 aliphatic heterocycles. The fourth-order valence-corrected chi connectivity index (χ4v) is 2.89. The fourth-order valence-electron chi connectivity index (χ4n) is 2.45. The van der Waals surface area contributed by atoms with Crippen LogP contribution in [0.2, 0.25) is 0 Å². The number of hydrogen-bond donors (Lipinski definition) is 3. The van der Waals surface area contributed by atoms with Gasteiger partial charge in [0, 0.05) is 6.42 Å². The molecule has 0 aliphatic carbocycles. The van der Waals surface area contributed by atoms with Crippen LogP contribution < -0.4 is 11.5 Å². The van der Waals surface area contributed by atoms with Crippen LogP contribution in [0.4, 0.5) is 4.79 Å². The van der Waals surface area contributed by atoms with Crippen molar-refractivity contribution in [2.45, 2.75) is 31.2 Å². The van der Waals surface area contributed by atoms with Gasteiger partial charge < -0.3 is 20.4 Å². The zero-order valence-electron chi connectivity index (χ0n) is 14.2. The summed E-state index contributed by atoms with van der Waals surface area (Å²) in [6.07, 6.45) is -2.16. The van der Waals surface area contributed by atoms with E-state index in [9.17, 15) is 19.5 Å². The van der Waals surface area contributed by atoms with Crippen molar-refractivity contribution in [3.8, 4) is 0 Å². The van der Waals surface area contributed by atoms with Gasteiger partial charge in [0.2, 0.25) is 11.6 Å². The number of nitrogens with two attached hydrogens (primary N) is 2. The number of aliphatic carboxylic acids is 1. The van der Waals surface area contributed by atoms with E-state index >= 15 is 0 Å². The molecule has 1 aliphatic rings. The third-order valence-corrected chi connectivity index (χ3v) is 4.27. The van der Waals surface area contributed by atoms with Gasteiger partial charge in [0.15, 0.2) is 6.10 Å². The van der Waals surface area contributed by atoms with Crippen LogP contribution in [0, 0.1) is 0 Å². The van der Waals surface area contributed by atoms with Gasteiger partial charge in [0.05, 0.1) is 13.0 Å². The molecular weight excluding hydrogens is 424 g/mol. The van der Waals surface area contributed by atoms with Gasteiger partial charge in [-0.25, -0.2) is 9.59 Å². The smallest absolute Gasteiger partial charge is 0.412 e. The lowest BCUT2D eigenvalue weighted by Crippen LogP contribution is -2.66. The minimum Gasteiger partial charge on any atom is -0.478 e. The highest BCUT2D eigenvalue weighted by Gasteiger charge is 2.47. The Morgan fingerprint density at radius 2 is 2.04 bits per heavy atom. The van der Waals surface area contributed by atoms with E-state index in [2.05, 4.69) is 21.1 Å². The maximum atomic E-state index is 12.6. The molecule has 1 aromatic rings. The number of carbonyl (C=O) groups excluding carboxylic acids is 2. The highest BCUT2D eigenvalue weighted by Crippen LogP contribution is 2.22. The quantitative estimate of drug-likeness (QED) is 0.500. The third kappa shape index (κ3) is 5.41. The molecule has 1 aromatic carbocycles. The van der Waals surface area contributed by atoms with Gasteiger partial charge in [-0.1, -0.05) is 35.5 Å². The van der Waals surface area contributed by atoms with Crippen molar-refractivity contribution in [1.29, 1.82) is 0 Å². The van der Waals surface area contributed by atoms with Gasteiger partial charge in [0.25, 0.3) is 0 Å². The molecule has 2 atom stereocenters. The maximum Gasteiger partial charge on any atom is 0.412 e. The lowest BCUT2D eigenvalue weighted by atomic mass is 10.0. The zero-order chi connectivity index (χ0) is 20.0. The second-order valence-electron chi connectivity index (χ2n) is 5.92. The molecule has 27 heavy (non-hydrogen) atoms. The number of rotatable bonds is 8. The van der Waals surface area contributed by atoms with Crippen LogP contribution in [0.15, 0.2) is 35.5 Å². The third-order valence-electron chi connectivity index (χ3n) is 3.80.